The third kappa shape index (κ3) is 4.22. The van der Waals surface area contributed by atoms with Gasteiger partial charge in [-0.25, -0.2) is 0 Å². The van der Waals surface area contributed by atoms with Crippen LogP contribution in [0.25, 0.3) is 0 Å². The molecule has 25 heavy (non-hydrogen) atoms. The lowest BCUT2D eigenvalue weighted by Gasteiger charge is -2.26. The summed E-state index contributed by atoms with van der Waals surface area (Å²) in [5.74, 6) is 0.216. The van der Waals surface area contributed by atoms with Gasteiger partial charge in [0.25, 0.3) is 5.91 Å². The molecule has 1 N–H and O–H groups in total. The molecule has 0 radical (unpaired) electrons. The summed E-state index contributed by atoms with van der Waals surface area (Å²) in [6.07, 6.45) is -0.729. The molecule has 1 fully saturated rings. The number of rotatable bonds is 5. The number of carbonyl (C=O) groups excluding carboxylic acids is 1. The highest BCUT2D eigenvalue weighted by Gasteiger charge is 2.31. The summed E-state index contributed by atoms with van der Waals surface area (Å²) in [6.45, 7) is 2.10. The highest BCUT2D eigenvalue weighted by Crippen LogP contribution is 2.29. The predicted octanol–water partition coefficient (Wildman–Crippen LogP) is 3.87. The first kappa shape index (κ1) is 17.5. The summed E-state index contributed by atoms with van der Waals surface area (Å²) in [4.78, 5) is 14.5. The van der Waals surface area contributed by atoms with Crippen LogP contribution in [0.3, 0.4) is 0 Å². The van der Waals surface area contributed by atoms with E-state index in [1.807, 2.05) is 6.07 Å². The fourth-order valence-corrected chi connectivity index (χ4v) is 3.07. The number of likely N-dealkylation sites (tertiary alicyclic amines) is 1. The summed E-state index contributed by atoms with van der Waals surface area (Å²) < 4.78 is 43.8. The van der Waals surface area contributed by atoms with Gasteiger partial charge in [0.05, 0.1) is 17.9 Å². The lowest BCUT2D eigenvalue weighted by atomic mass is 10.1. The van der Waals surface area contributed by atoms with Gasteiger partial charge in [0.15, 0.2) is 0 Å². The maximum atomic E-state index is 12.8. The Kier molecular flexibility index (Phi) is 5.13. The second kappa shape index (κ2) is 7.31. The lowest BCUT2D eigenvalue weighted by molar-refractivity contribution is -0.137. The first-order chi connectivity index (χ1) is 11.9. The van der Waals surface area contributed by atoms with Crippen LogP contribution < -0.4 is 5.32 Å². The Balaban J connectivity index is 1.69. The first-order valence-corrected chi connectivity index (χ1v) is 8.18. The van der Waals surface area contributed by atoms with Gasteiger partial charge in [0.1, 0.15) is 5.76 Å². The Morgan fingerprint density at radius 1 is 1.20 bits per heavy atom. The van der Waals surface area contributed by atoms with E-state index in [4.69, 9.17) is 4.42 Å². The minimum absolute atomic E-state index is 0.00515. The Morgan fingerprint density at radius 3 is 2.60 bits per heavy atom. The monoisotopic (exact) mass is 352 g/mol. The van der Waals surface area contributed by atoms with Crippen LogP contribution in [0.4, 0.5) is 13.2 Å². The quantitative estimate of drug-likeness (QED) is 0.889. The van der Waals surface area contributed by atoms with Crippen LogP contribution in [-0.4, -0.2) is 30.4 Å². The van der Waals surface area contributed by atoms with E-state index in [-0.39, 0.29) is 18.2 Å². The molecule has 0 saturated carbocycles. The normalized spacial score (nSPS) is 16.8. The van der Waals surface area contributed by atoms with Crippen molar-refractivity contribution in [1.29, 1.82) is 0 Å². The van der Waals surface area contributed by atoms with Gasteiger partial charge >= 0.3 is 6.18 Å². The van der Waals surface area contributed by atoms with Crippen molar-refractivity contribution in [3.8, 4) is 0 Å². The van der Waals surface area contributed by atoms with Crippen LogP contribution >= 0.6 is 0 Å². The Labute approximate surface area is 143 Å². The fourth-order valence-electron chi connectivity index (χ4n) is 3.07. The van der Waals surface area contributed by atoms with Gasteiger partial charge in [-0.15, -0.1) is 0 Å². The molecule has 2 heterocycles. The van der Waals surface area contributed by atoms with E-state index in [1.165, 1.54) is 12.1 Å². The van der Waals surface area contributed by atoms with Gasteiger partial charge in [0, 0.05) is 12.1 Å². The van der Waals surface area contributed by atoms with E-state index in [9.17, 15) is 18.0 Å². The van der Waals surface area contributed by atoms with E-state index < -0.39 is 17.6 Å². The molecule has 1 saturated heterocycles. The van der Waals surface area contributed by atoms with Crippen LogP contribution in [-0.2, 0) is 6.18 Å². The largest absolute Gasteiger partial charge is 0.468 e. The van der Waals surface area contributed by atoms with Crippen molar-refractivity contribution in [2.45, 2.75) is 25.1 Å². The molecule has 3 rings (SSSR count). The molecule has 1 aliphatic rings. The highest BCUT2D eigenvalue weighted by atomic mass is 19.4. The summed E-state index contributed by atoms with van der Waals surface area (Å²) in [5, 5.41) is 2.73. The molecule has 134 valence electrons. The molecule has 1 unspecified atom stereocenters. The van der Waals surface area contributed by atoms with Crippen LogP contribution in [0.2, 0.25) is 0 Å². The molecule has 0 spiro atoms. The summed E-state index contributed by atoms with van der Waals surface area (Å²) in [6, 6.07) is 7.95. The molecule has 1 aromatic carbocycles. The minimum atomic E-state index is -4.47. The molecule has 1 aromatic heterocycles. The zero-order valence-electron chi connectivity index (χ0n) is 13.6. The minimum Gasteiger partial charge on any atom is -0.468 e. The van der Waals surface area contributed by atoms with Crippen molar-refractivity contribution < 1.29 is 22.4 Å². The SMILES string of the molecule is O=C(NCC(c1ccco1)N1CCCC1)c1cccc(C(F)(F)F)c1. The van der Waals surface area contributed by atoms with Crippen molar-refractivity contribution in [1.82, 2.24) is 10.2 Å². The second-order valence-electron chi connectivity index (χ2n) is 6.06. The third-order valence-corrected chi connectivity index (χ3v) is 4.36. The van der Waals surface area contributed by atoms with Crippen molar-refractivity contribution in [3.63, 3.8) is 0 Å². The standard InChI is InChI=1S/C18H19F3N2O2/c19-18(20,21)14-6-3-5-13(11-14)17(24)22-12-15(16-7-4-10-25-16)23-8-1-2-9-23/h3-7,10-11,15H,1-2,8-9,12H2,(H,22,24). The average molecular weight is 352 g/mol. The van der Waals surface area contributed by atoms with E-state index in [0.29, 0.717) is 0 Å². The van der Waals surface area contributed by atoms with Crippen molar-refractivity contribution in [2.75, 3.05) is 19.6 Å². The number of amides is 1. The van der Waals surface area contributed by atoms with Gasteiger partial charge < -0.3 is 9.73 Å². The van der Waals surface area contributed by atoms with Gasteiger partial charge in [-0.05, 0) is 56.3 Å². The first-order valence-electron chi connectivity index (χ1n) is 8.18. The van der Waals surface area contributed by atoms with Crippen molar-refractivity contribution in [3.05, 3.63) is 59.5 Å². The fraction of sp³-hybridized carbons (Fsp3) is 0.389. The van der Waals surface area contributed by atoms with E-state index >= 15 is 0 Å². The highest BCUT2D eigenvalue weighted by molar-refractivity contribution is 5.94. The number of nitrogens with zero attached hydrogens (tertiary/aromatic N) is 1. The topological polar surface area (TPSA) is 45.5 Å². The van der Waals surface area contributed by atoms with Gasteiger partial charge in [-0.3, -0.25) is 9.69 Å². The Hall–Kier alpha value is -2.28. The molecule has 0 bridgehead atoms. The van der Waals surface area contributed by atoms with Crippen LogP contribution in [0.15, 0.2) is 47.1 Å². The number of halogens is 3. The van der Waals surface area contributed by atoms with E-state index in [2.05, 4.69) is 10.2 Å². The number of carbonyl (C=O) groups is 1. The maximum absolute atomic E-state index is 12.8. The molecule has 4 nitrogen and oxygen atoms in total. The van der Waals surface area contributed by atoms with Crippen molar-refractivity contribution in [2.24, 2.45) is 0 Å². The summed E-state index contributed by atoms with van der Waals surface area (Å²) >= 11 is 0. The maximum Gasteiger partial charge on any atom is 0.416 e. The number of furan rings is 1. The lowest BCUT2D eigenvalue weighted by Crippen LogP contribution is -2.36. The number of alkyl halides is 3. The van der Waals surface area contributed by atoms with Crippen LogP contribution in [0, 0.1) is 0 Å². The molecular formula is C18H19F3N2O2. The van der Waals surface area contributed by atoms with Crippen LogP contribution in [0.5, 0.6) is 0 Å². The van der Waals surface area contributed by atoms with Crippen molar-refractivity contribution >= 4 is 5.91 Å². The van der Waals surface area contributed by atoms with E-state index in [0.717, 1.165) is 43.8 Å². The number of hydrogen-bond acceptors (Lipinski definition) is 3. The number of benzene rings is 1. The Morgan fingerprint density at radius 2 is 1.96 bits per heavy atom. The molecule has 2 aromatic rings. The average Bonchev–Trinajstić information content (AvgIpc) is 3.28. The third-order valence-electron chi connectivity index (χ3n) is 4.36. The molecule has 1 aliphatic heterocycles. The number of hydrogen-bond donors (Lipinski definition) is 1. The Bertz CT molecular complexity index is 707. The molecule has 0 aliphatic carbocycles. The smallest absolute Gasteiger partial charge is 0.416 e. The van der Waals surface area contributed by atoms with E-state index in [1.54, 1.807) is 12.3 Å². The zero-order valence-corrected chi connectivity index (χ0v) is 13.6. The zero-order chi connectivity index (χ0) is 17.9. The summed E-state index contributed by atoms with van der Waals surface area (Å²) in [7, 11) is 0. The molecule has 1 atom stereocenters. The molecular weight excluding hydrogens is 333 g/mol. The number of nitrogens with one attached hydrogen (secondary N) is 1. The molecule has 7 heteroatoms. The summed E-state index contributed by atoms with van der Waals surface area (Å²) in [5.41, 5.74) is -0.836. The predicted molar refractivity (Wildman–Crippen MR) is 86.0 cm³/mol. The molecule has 1 amide bonds. The van der Waals surface area contributed by atoms with Gasteiger partial charge in [-0.2, -0.15) is 13.2 Å². The second-order valence-corrected chi connectivity index (χ2v) is 6.06. The van der Waals surface area contributed by atoms with Gasteiger partial charge in [-0.1, -0.05) is 6.07 Å². The van der Waals surface area contributed by atoms with Crippen LogP contribution in [0.1, 0.15) is 40.6 Å². The van der Waals surface area contributed by atoms with Gasteiger partial charge in [0.2, 0.25) is 0 Å².